The van der Waals surface area contributed by atoms with Crippen molar-refractivity contribution in [2.24, 2.45) is 0 Å². The molecule has 3 nitrogen and oxygen atoms in total. The van der Waals surface area contributed by atoms with Crippen molar-refractivity contribution in [1.82, 2.24) is 14.5 Å². The quantitative estimate of drug-likeness (QED) is 0.577. The number of aromatic amines is 1. The molecule has 0 saturated carbocycles. The lowest BCUT2D eigenvalue weighted by Crippen LogP contribution is -1.96. The van der Waals surface area contributed by atoms with Crippen molar-refractivity contribution >= 4 is 21.9 Å². The first-order chi connectivity index (χ1) is 9.42. The molecular formula is C16H13N3. The van der Waals surface area contributed by atoms with Gasteiger partial charge in [0.25, 0.3) is 0 Å². The maximum Gasteiger partial charge on any atom is 0.0961 e. The molecule has 3 heteroatoms. The second-order valence-electron chi connectivity index (χ2n) is 4.72. The smallest absolute Gasteiger partial charge is 0.0961 e. The Labute approximate surface area is 110 Å². The van der Waals surface area contributed by atoms with Crippen LogP contribution in [-0.2, 0) is 6.54 Å². The van der Waals surface area contributed by atoms with E-state index in [0.717, 1.165) is 12.1 Å². The van der Waals surface area contributed by atoms with Gasteiger partial charge in [-0.3, -0.25) is 0 Å². The van der Waals surface area contributed by atoms with Gasteiger partial charge in [-0.2, -0.15) is 0 Å². The Hall–Kier alpha value is -2.55. The minimum atomic E-state index is 0.838. The van der Waals surface area contributed by atoms with E-state index in [1.54, 1.807) is 0 Å². The van der Waals surface area contributed by atoms with E-state index in [0.29, 0.717) is 0 Å². The van der Waals surface area contributed by atoms with Gasteiger partial charge < -0.3 is 9.55 Å². The number of benzene rings is 2. The molecule has 0 bridgehead atoms. The first-order valence-corrected chi connectivity index (χ1v) is 6.37. The molecule has 4 rings (SSSR count). The van der Waals surface area contributed by atoms with Gasteiger partial charge >= 0.3 is 0 Å². The molecule has 0 aliphatic rings. The molecule has 0 aliphatic heterocycles. The summed E-state index contributed by atoms with van der Waals surface area (Å²) in [6.45, 7) is 0.838. The molecule has 2 aromatic carbocycles. The van der Waals surface area contributed by atoms with Gasteiger partial charge in [0.05, 0.1) is 23.9 Å². The van der Waals surface area contributed by atoms with Gasteiger partial charge in [-0.05, 0) is 23.8 Å². The highest BCUT2D eigenvalue weighted by Crippen LogP contribution is 2.20. The molecule has 0 radical (unpaired) electrons. The zero-order valence-electron chi connectivity index (χ0n) is 10.4. The number of imidazole rings is 1. The number of aromatic nitrogens is 3. The van der Waals surface area contributed by atoms with Crippen LogP contribution in [0.25, 0.3) is 21.9 Å². The van der Waals surface area contributed by atoms with E-state index in [1.807, 2.05) is 18.5 Å². The normalized spacial score (nSPS) is 11.4. The van der Waals surface area contributed by atoms with Crippen LogP contribution in [0.3, 0.4) is 0 Å². The van der Waals surface area contributed by atoms with Crippen LogP contribution in [-0.4, -0.2) is 14.5 Å². The van der Waals surface area contributed by atoms with Crippen molar-refractivity contribution in [2.45, 2.75) is 6.54 Å². The zero-order chi connectivity index (χ0) is 12.7. The summed E-state index contributed by atoms with van der Waals surface area (Å²) in [5, 5.41) is 1.28. The lowest BCUT2D eigenvalue weighted by molar-refractivity contribution is 0.830. The van der Waals surface area contributed by atoms with Gasteiger partial charge in [0.1, 0.15) is 0 Å². The van der Waals surface area contributed by atoms with Crippen molar-refractivity contribution in [1.29, 1.82) is 0 Å². The summed E-state index contributed by atoms with van der Waals surface area (Å²) in [4.78, 5) is 7.75. The van der Waals surface area contributed by atoms with E-state index in [1.165, 1.54) is 22.0 Å². The summed E-state index contributed by atoms with van der Waals surface area (Å²) in [7, 11) is 0. The summed E-state index contributed by atoms with van der Waals surface area (Å²) < 4.78 is 2.19. The summed E-state index contributed by atoms with van der Waals surface area (Å²) in [5.41, 5.74) is 4.69. The minimum Gasteiger partial charge on any atom is -0.361 e. The van der Waals surface area contributed by atoms with Crippen LogP contribution in [0.4, 0.5) is 0 Å². The third kappa shape index (κ3) is 1.63. The Morgan fingerprint density at radius 2 is 1.84 bits per heavy atom. The van der Waals surface area contributed by atoms with Crippen LogP contribution in [0, 0.1) is 0 Å². The fourth-order valence-corrected chi connectivity index (χ4v) is 2.58. The maximum absolute atomic E-state index is 4.43. The van der Waals surface area contributed by atoms with E-state index < -0.39 is 0 Å². The molecule has 0 aliphatic carbocycles. The Morgan fingerprint density at radius 1 is 1.00 bits per heavy atom. The number of nitrogens with zero attached hydrogens (tertiary/aromatic N) is 2. The van der Waals surface area contributed by atoms with E-state index in [-0.39, 0.29) is 0 Å². The molecule has 0 unspecified atom stereocenters. The third-order valence-electron chi connectivity index (χ3n) is 3.54. The van der Waals surface area contributed by atoms with Crippen LogP contribution in [0.2, 0.25) is 0 Å². The van der Waals surface area contributed by atoms with E-state index >= 15 is 0 Å². The highest BCUT2D eigenvalue weighted by Gasteiger charge is 2.06. The van der Waals surface area contributed by atoms with Gasteiger partial charge in [-0.1, -0.05) is 30.3 Å². The standard InChI is InChI=1S/C16H13N3/c1-2-6-14-13(5-1)12(9-17-14)10-19-11-18-15-7-3-4-8-16(15)19/h1-9,11,17H,10H2. The van der Waals surface area contributed by atoms with Crippen molar-refractivity contribution in [3.63, 3.8) is 0 Å². The number of nitrogens with one attached hydrogen (secondary N) is 1. The highest BCUT2D eigenvalue weighted by atomic mass is 15.0. The average molecular weight is 247 g/mol. The maximum atomic E-state index is 4.43. The lowest BCUT2D eigenvalue weighted by atomic mass is 10.2. The second-order valence-corrected chi connectivity index (χ2v) is 4.72. The van der Waals surface area contributed by atoms with Crippen LogP contribution < -0.4 is 0 Å². The summed E-state index contributed by atoms with van der Waals surface area (Å²) in [5.74, 6) is 0. The van der Waals surface area contributed by atoms with E-state index in [4.69, 9.17) is 0 Å². The van der Waals surface area contributed by atoms with Crippen molar-refractivity contribution in [3.05, 3.63) is 66.6 Å². The van der Waals surface area contributed by atoms with Crippen molar-refractivity contribution in [2.75, 3.05) is 0 Å². The molecular weight excluding hydrogens is 234 g/mol. The van der Waals surface area contributed by atoms with Crippen LogP contribution in [0.5, 0.6) is 0 Å². The number of rotatable bonds is 2. The van der Waals surface area contributed by atoms with E-state index in [2.05, 4.69) is 57.1 Å². The lowest BCUT2D eigenvalue weighted by Gasteiger charge is -2.03. The molecule has 19 heavy (non-hydrogen) atoms. The fourth-order valence-electron chi connectivity index (χ4n) is 2.58. The number of para-hydroxylation sites is 3. The fraction of sp³-hybridized carbons (Fsp3) is 0.0625. The van der Waals surface area contributed by atoms with Crippen LogP contribution >= 0.6 is 0 Å². The number of fused-ring (bicyclic) bond motifs is 2. The number of hydrogen-bond acceptors (Lipinski definition) is 1. The molecule has 2 aromatic heterocycles. The topological polar surface area (TPSA) is 33.6 Å². The molecule has 0 fully saturated rings. The molecule has 2 heterocycles. The van der Waals surface area contributed by atoms with Crippen molar-refractivity contribution < 1.29 is 0 Å². The van der Waals surface area contributed by atoms with Crippen LogP contribution in [0.1, 0.15) is 5.56 Å². The van der Waals surface area contributed by atoms with Gasteiger partial charge in [0.2, 0.25) is 0 Å². The second kappa shape index (κ2) is 3.99. The molecule has 92 valence electrons. The number of hydrogen-bond donors (Lipinski definition) is 1. The molecule has 1 N–H and O–H groups in total. The van der Waals surface area contributed by atoms with Crippen LogP contribution in [0.15, 0.2) is 61.1 Å². The minimum absolute atomic E-state index is 0.838. The van der Waals surface area contributed by atoms with Gasteiger partial charge in [0, 0.05) is 17.1 Å². The average Bonchev–Trinajstić information content (AvgIpc) is 3.05. The molecule has 0 amide bonds. The zero-order valence-corrected chi connectivity index (χ0v) is 10.4. The van der Waals surface area contributed by atoms with Gasteiger partial charge in [-0.25, -0.2) is 4.98 Å². The summed E-state index contributed by atoms with van der Waals surface area (Å²) >= 11 is 0. The predicted molar refractivity (Wildman–Crippen MR) is 77.1 cm³/mol. The monoisotopic (exact) mass is 247 g/mol. The highest BCUT2D eigenvalue weighted by molar-refractivity contribution is 5.83. The first kappa shape index (κ1) is 10.4. The Kier molecular flexibility index (Phi) is 2.18. The summed E-state index contributed by atoms with van der Waals surface area (Å²) in [6.07, 6.45) is 3.99. The Balaban J connectivity index is 1.82. The Bertz CT molecular complexity index is 782. The van der Waals surface area contributed by atoms with Gasteiger partial charge in [0.15, 0.2) is 0 Å². The third-order valence-corrected chi connectivity index (χ3v) is 3.54. The molecule has 0 spiro atoms. The molecule has 4 aromatic rings. The van der Waals surface area contributed by atoms with E-state index in [9.17, 15) is 0 Å². The van der Waals surface area contributed by atoms with Gasteiger partial charge in [-0.15, -0.1) is 0 Å². The Morgan fingerprint density at radius 3 is 2.84 bits per heavy atom. The predicted octanol–water partition coefficient (Wildman–Crippen LogP) is 3.57. The summed E-state index contributed by atoms with van der Waals surface area (Å²) in [6, 6.07) is 16.6. The molecule has 0 atom stereocenters. The van der Waals surface area contributed by atoms with Crippen molar-refractivity contribution in [3.8, 4) is 0 Å². The largest absolute Gasteiger partial charge is 0.361 e. The SMILES string of the molecule is c1ccc2c(c1)ncn2Cc1c[nH]c2ccccc12. The first-order valence-electron chi connectivity index (χ1n) is 6.37. The molecule has 0 saturated heterocycles. The number of H-pyrrole nitrogens is 1.